The predicted molar refractivity (Wildman–Crippen MR) is 99.8 cm³/mol. The molecule has 10 nitrogen and oxygen atoms in total. The summed E-state index contributed by atoms with van der Waals surface area (Å²) in [5.74, 6) is -0.347. The van der Waals surface area contributed by atoms with E-state index in [1.165, 1.54) is 34.3 Å². The van der Waals surface area contributed by atoms with E-state index in [4.69, 9.17) is 0 Å². The molecule has 1 aliphatic heterocycles. The molecule has 2 aromatic rings. The number of amides is 1. The molecule has 3 heterocycles. The van der Waals surface area contributed by atoms with Crippen molar-refractivity contribution in [2.75, 3.05) is 11.4 Å². The molecule has 1 amide bonds. The normalized spacial score (nSPS) is 20.2. The third-order valence-corrected chi connectivity index (χ3v) is 6.25. The fourth-order valence-corrected chi connectivity index (χ4v) is 3.60. The number of rotatable bonds is 4. The van der Waals surface area contributed by atoms with Gasteiger partial charge in [-0.2, -0.15) is 0 Å². The van der Waals surface area contributed by atoms with Crippen LogP contribution in [0.5, 0.6) is 0 Å². The van der Waals surface area contributed by atoms with E-state index < -0.39 is 26.6 Å². The zero-order chi connectivity index (χ0) is 18.9. The van der Waals surface area contributed by atoms with Crippen molar-refractivity contribution >= 4 is 44.8 Å². The lowest BCUT2D eigenvalue weighted by Gasteiger charge is -2.33. The van der Waals surface area contributed by atoms with Gasteiger partial charge < -0.3 is 0 Å². The number of anilines is 1. The van der Waals surface area contributed by atoms with Crippen molar-refractivity contribution in [3.05, 3.63) is 41.3 Å². The molecule has 2 aromatic heterocycles. The van der Waals surface area contributed by atoms with E-state index in [0.29, 0.717) is 28.8 Å². The highest BCUT2D eigenvalue weighted by Crippen LogP contribution is 2.24. The lowest BCUT2D eigenvalue weighted by Crippen LogP contribution is -2.51. The number of carbonyl (C=O) groups excluding carboxylic acids is 1. The Morgan fingerprint density at radius 2 is 2.00 bits per heavy atom. The molecule has 138 valence electrons. The average Bonchev–Trinajstić information content (AvgIpc) is 2.61. The third-order valence-electron chi connectivity index (χ3n) is 3.77. The number of hydrogen-bond donors (Lipinski definition) is 2. The van der Waals surface area contributed by atoms with Gasteiger partial charge in [-0.15, -0.1) is 3.71 Å². The van der Waals surface area contributed by atoms with Crippen molar-refractivity contribution in [3.63, 3.8) is 0 Å². The summed E-state index contributed by atoms with van der Waals surface area (Å²) in [5, 5.41) is 0. The summed E-state index contributed by atoms with van der Waals surface area (Å²) < 4.78 is 23.0. The second-order valence-electron chi connectivity index (χ2n) is 5.41. The SMILES string of the molecule is O=C1C(N(S)S(=O)(O)=S)CCCN1c1ncc(-n2cccnc2=O)cn1. The lowest BCUT2D eigenvalue weighted by atomic mass is 10.1. The van der Waals surface area contributed by atoms with Crippen molar-refractivity contribution in [2.45, 2.75) is 18.9 Å². The molecule has 2 atom stereocenters. The topological polar surface area (TPSA) is 122 Å². The predicted octanol–water partition coefficient (Wildman–Crippen LogP) is -0.201. The van der Waals surface area contributed by atoms with Crippen molar-refractivity contribution in [1.29, 1.82) is 0 Å². The third kappa shape index (κ3) is 3.76. The van der Waals surface area contributed by atoms with Crippen LogP contribution in [-0.2, 0) is 24.9 Å². The van der Waals surface area contributed by atoms with Crippen LogP contribution in [0.3, 0.4) is 0 Å². The van der Waals surface area contributed by atoms with Crippen LogP contribution in [0, 0.1) is 0 Å². The zero-order valence-corrected chi connectivity index (χ0v) is 15.7. The Morgan fingerprint density at radius 1 is 1.31 bits per heavy atom. The van der Waals surface area contributed by atoms with Gasteiger partial charge in [0, 0.05) is 30.1 Å². The van der Waals surface area contributed by atoms with E-state index in [0.717, 1.165) is 0 Å². The fraction of sp³-hybridized carbons (Fsp3) is 0.308. The van der Waals surface area contributed by atoms with Crippen molar-refractivity contribution in [1.82, 2.24) is 23.2 Å². The van der Waals surface area contributed by atoms with Gasteiger partial charge in [-0.1, -0.05) is 12.8 Å². The maximum atomic E-state index is 12.6. The number of aromatic nitrogens is 4. The fourth-order valence-electron chi connectivity index (χ4n) is 2.55. The summed E-state index contributed by atoms with van der Waals surface area (Å²) in [7, 11) is -3.79. The second-order valence-corrected chi connectivity index (χ2v) is 8.71. The first-order valence-corrected chi connectivity index (χ1v) is 10.2. The Labute approximate surface area is 159 Å². The Bertz CT molecular complexity index is 978. The Hall–Kier alpha value is -1.93. The molecule has 0 spiro atoms. The molecule has 1 fully saturated rings. The number of nitrogens with zero attached hydrogens (tertiary/aromatic N) is 6. The summed E-state index contributed by atoms with van der Waals surface area (Å²) in [5.41, 5.74) is -0.0838. The maximum absolute atomic E-state index is 12.6. The van der Waals surface area contributed by atoms with E-state index in [9.17, 15) is 18.4 Å². The zero-order valence-electron chi connectivity index (χ0n) is 13.2. The number of thiol groups is 1. The van der Waals surface area contributed by atoms with E-state index in [1.54, 1.807) is 6.07 Å². The van der Waals surface area contributed by atoms with Crippen LogP contribution in [0.25, 0.3) is 5.69 Å². The van der Waals surface area contributed by atoms with Gasteiger partial charge in [0.25, 0.3) is 0 Å². The first-order valence-electron chi connectivity index (χ1n) is 7.42. The van der Waals surface area contributed by atoms with E-state index in [2.05, 4.69) is 39.0 Å². The summed E-state index contributed by atoms with van der Waals surface area (Å²) in [4.78, 5) is 37.6. The highest BCUT2D eigenvalue weighted by Gasteiger charge is 2.37. The summed E-state index contributed by atoms with van der Waals surface area (Å²) in [6.07, 6.45) is 6.59. The Morgan fingerprint density at radius 3 is 2.62 bits per heavy atom. The van der Waals surface area contributed by atoms with Crippen LogP contribution in [-0.4, -0.2) is 50.5 Å². The Kier molecular flexibility index (Phi) is 5.34. The summed E-state index contributed by atoms with van der Waals surface area (Å²) in [6, 6.07) is 0.641. The molecule has 13 heteroatoms. The van der Waals surface area contributed by atoms with Crippen LogP contribution < -0.4 is 10.6 Å². The largest absolute Gasteiger partial charge is 0.352 e. The van der Waals surface area contributed by atoms with Crippen molar-refractivity contribution in [2.24, 2.45) is 0 Å². The highest BCUT2D eigenvalue weighted by molar-refractivity contribution is 8.30. The van der Waals surface area contributed by atoms with Crippen LogP contribution >= 0.6 is 12.8 Å². The van der Waals surface area contributed by atoms with E-state index in [1.807, 2.05) is 0 Å². The highest BCUT2D eigenvalue weighted by atomic mass is 32.9. The molecular weight excluding hydrogens is 400 g/mol. The molecule has 0 aromatic carbocycles. The van der Waals surface area contributed by atoms with E-state index in [-0.39, 0.29) is 5.95 Å². The molecule has 0 saturated carbocycles. The van der Waals surface area contributed by atoms with Gasteiger partial charge in [-0.05, 0) is 18.9 Å². The molecule has 0 bridgehead atoms. The maximum Gasteiger partial charge on any atom is 0.352 e. The van der Waals surface area contributed by atoms with Crippen molar-refractivity contribution < 1.29 is 13.6 Å². The molecule has 1 aliphatic rings. The van der Waals surface area contributed by atoms with Gasteiger partial charge in [0.15, 0.2) is 0 Å². The minimum Gasteiger partial charge on any atom is -0.293 e. The Balaban J connectivity index is 1.86. The van der Waals surface area contributed by atoms with Crippen LogP contribution in [0.4, 0.5) is 5.95 Å². The average molecular weight is 414 g/mol. The van der Waals surface area contributed by atoms with Gasteiger partial charge in [0.2, 0.25) is 20.8 Å². The van der Waals surface area contributed by atoms with Crippen LogP contribution in [0.2, 0.25) is 0 Å². The van der Waals surface area contributed by atoms with Gasteiger partial charge >= 0.3 is 5.69 Å². The van der Waals surface area contributed by atoms with Crippen LogP contribution in [0.1, 0.15) is 12.8 Å². The molecule has 1 saturated heterocycles. The first-order chi connectivity index (χ1) is 12.3. The minimum absolute atomic E-state index is 0.121. The number of carbonyl (C=O) groups is 1. The lowest BCUT2D eigenvalue weighted by molar-refractivity contribution is -0.122. The number of hydrogen-bond acceptors (Lipinski definition) is 8. The molecule has 0 radical (unpaired) electrons. The molecule has 1 N–H and O–H groups in total. The smallest absolute Gasteiger partial charge is 0.293 e. The minimum atomic E-state index is -3.79. The van der Waals surface area contributed by atoms with Crippen molar-refractivity contribution in [3.8, 4) is 5.69 Å². The quantitative estimate of drug-likeness (QED) is 0.660. The van der Waals surface area contributed by atoms with E-state index >= 15 is 0 Å². The van der Waals surface area contributed by atoms with Gasteiger partial charge in [-0.3, -0.25) is 18.8 Å². The monoisotopic (exact) mass is 414 g/mol. The second kappa shape index (κ2) is 7.36. The van der Waals surface area contributed by atoms with Gasteiger partial charge in [0.1, 0.15) is 6.04 Å². The molecule has 0 aliphatic carbocycles. The summed E-state index contributed by atoms with van der Waals surface area (Å²) >= 11 is 8.38. The summed E-state index contributed by atoms with van der Waals surface area (Å²) in [6.45, 7) is 0.354. The van der Waals surface area contributed by atoms with Crippen LogP contribution in [0.15, 0.2) is 35.6 Å². The van der Waals surface area contributed by atoms with Gasteiger partial charge in [0.05, 0.1) is 18.1 Å². The number of piperidine rings is 1. The first kappa shape index (κ1) is 18.8. The molecular formula is C13H14N6O4S3. The molecule has 3 rings (SSSR count). The standard InChI is InChI=1S/C13H14N6O4S3/c20-11-10(19(24)26(22,23)25)3-1-5-18(11)12-15-7-9(8-16-12)17-6-2-4-14-13(17)21/h2,4,6-8,10,24H,1,3,5H2,(H,22,23,25). The van der Waals surface area contributed by atoms with Gasteiger partial charge in [-0.25, -0.2) is 24.0 Å². The molecule has 2 unspecified atom stereocenters. The molecule has 26 heavy (non-hydrogen) atoms.